The summed E-state index contributed by atoms with van der Waals surface area (Å²) in [5.74, 6) is -7.92. The summed E-state index contributed by atoms with van der Waals surface area (Å²) in [7, 11) is 0. The molecule has 16 heteroatoms. The Labute approximate surface area is 362 Å². The van der Waals surface area contributed by atoms with Gasteiger partial charge >= 0.3 is 23.9 Å². The van der Waals surface area contributed by atoms with E-state index in [2.05, 4.69) is 5.32 Å². The number of esters is 4. The van der Waals surface area contributed by atoms with E-state index in [9.17, 15) is 43.7 Å². The zero-order chi connectivity index (χ0) is 45.8. The molecule has 1 amide bonds. The zero-order valence-electron chi connectivity index (χ0n) is 35.5. The SMILES string of the molecule is CC(=O)O[C@H]1C(=O)[C@@]2(C)[C@H]([C@H](OC(=O)c3ccc(F)cc3)[C@]3(O)C[C@H](OC(=O)[C@H](O)[C@@H](NC(=O)c4ccccc4)c4ccccc4)C(C)=C1C3(C)C)[C@]1(OC(C)=O)CO[C@@H]1C[C@@H]2O. The number of nitrogens with one attached hydrogen (secondary N) is 1. The lowest BCUT2D eigenvalue weighted by atomic mass is 9.44. The Hall–Kier alpha value is -5.81. The Balaban J connectivity index is 1.39. The van der Waals surface area contributed by atoms with Crippen molar-refractivity contribution < 1.29 is 72.2 Å². The second-order valence-electron chi connectivity index (χ2n) is 17.5. The molecule has 2 bridgehead atoms. The number of halogens is 1. The van der Waals surface area contributed by atoms with Crippen LogP contribution in [0.4, 0.5) is 4.39 Å². The molecule has 3 aromatic rings. The van der Waals surface area contributed by atoms with Crippen molar-refractivity contribution in [2.24, 2.45) is 16.7 Å². The summed E-state index contributed by atoms with van der Waals surface area (Å²) in [5.41, 5.74) is -7.65. The van der Waals surface area contributed by atoms with Crippen LogP contribution in [0.2, 0.25) is 0 Å². The molecule has 7 rings (SSSR count). The van der Waals surface area contributed by atoms with Crippen LogP contribution in [0.3, 0.4) is 0 Å². The molecule has 3 aliphatic carbocycles. The third-order valence-corrected chi connectivity index (χ3v) is 13.6. The van der Waals surface area contributed by atoms with Crippen molar-refractivity contribution in [2.75, 3.05) is 6.61 Å². The number of hydrogen-bond acceptors (Lipinski definition) is 14. The van der Waals surface area contributed by atoms with Crippen LogP contribution < -0.4 is 5.32 Å². The first-order valence-corrected chi connectivity index (χ1v) is 20.6. The summed E-state index contributed by atoms with van der Waals surface area (Å²) in [6, 6.07) is 19.2. The summed E-state index contributed by atoms with van der Waals surface area (Å²) >= 11 is 0. The number of carbonyl (C=O) groups excluding carboxylic acids is 6. The van der Waals surface area contributed by atoms with Gasteiger partial charge in [0.2, 0.25) is 0 Å². The van der Waals surface area contributed by atoms with E-state index in [1.54, 1.807) is 60.7 Å². The maximum atomic E-state index is 15.5. The molecule has 4 N–H and O–H groups in total. The van der Waals surface area contributed by atoms with E-state index in [0.717, 1.165) is 38.1 Å². The summed E-state index contributed by atoms with van der Waals surface area (Å²) in [6.07, 6.45) is -10.9. The molecule has 63 heavy (non-hydrogen) atoms. The molecule has 334 valence electrons. The molecule has 0 spiro atoms. The van der Waals surface area contributed by atoms with Gasteiger partial charge in [-0.1, -0.05) is 62.4 Å². The van der Waals surface area contributed by atoms with Gasteiger partial charge in [0.05, 0.1) is 35.6 Å². The van der Waals surface area contributed by atoms with Crippen LogP contribution in [0.1, 0.15) is 86.7 Å². The zero-order valence-corrected chi connectivity index (χ0v) is 35.5. The summed E-state index contributed by atoms with van der Waals surface area (Å²) in [6.45, 7) is 7.69. The van der Waals surface area contributed by atoms with Crippen LogP contribution in [0.25, 0.3) is 0 Å². The molecule has 2 saturated carbocycles. The lowest BCUT2D eigenvalue weighted by molar-refractivity contribution is -0.346. The van der Waals surface area contributed by atoms with Gasteiger partial charge in [-0.25, -0.2) is 14.0 Å². The minimum Gasteiger partial charge on any atom is -0.456 e. The minimum absolute atomic E-state index is 0.0519. The molecule has 0 unspecified atom stereocenters. The lowest BCUT2D eigenvalue weighted by Gasteiger charge is -2.67. The van der Waals surface area contributed by atoms with Crippen molar-refractivity contribution in [1.82, 2.24) is 5.32 Å². The van der Waals surface area contributed by atoms with Crippen LogP contribution in [-0.4, -0.2) is 105 Å². The smallest absolute Gasteiger partial charge is 0.338 e. The largest absolute Gasteiger partial charge is 0.456 e. The van der Waals surface area contributed by atoms with Crippen molar-refractivity contribution in [3.8, 4) is 0 Å². The first-order valence-electron chi connectivity index (χ1n) is 20.6. The molecule has 3 aromatic carbocycles. The highest BCUT2D eigenvalue weighted by atomic mass is 19.1. The minimum atomic E-state index is -2.47. The fourth-order valence-electron chi connectivity index (χ4n) is 10.2. The number of aliphatic hydroxyl groups is 3. The van der Waals surface area contributed by atoms with Crippen LogP contribution in [0.5, 0.6) is 0 Å². The van der Waals surface area contributed by atoms with Gasteiger partial charge in [0.15, 0.2) is 23.6 Å². The monoisotopic (exact) mass is 871 g/mol. The maximum absolute atomic E-state index is 15.5. The van der Waals surface area contributed by atoms with Crippen LogP contribution in [0, 0.1) is 22.6 Å². The first kappa shape index (κ1) is 45.2. The fourth-order valence-corrected chi connectivity index (χ4v) is 10.2. The van der Waals surface area contributed by atoms with Crippen molar-refractivity contribution in [3.63, 3.8) is 0 Å². The Morgan fingerprint density at radius 2 is 1.48 bits per heavy atom. The number of hydrogen-bond donors (Lipinski definition) is 4. The Kier molecular flexibility index (Phi) is 12.0. The van der Waals surface area contributed by atoms with Crippen molar-refractivity contribution in [2.45, 2.75) is 108 Å². The first-order chi connectivity index (χ1) is 29.7. The highest BCUT2D eigenvalue weighted by molar-refractivity contribution is 5.96. The number of aliphatic hydroxyl groups excluding tert-OH is 2. The lowest BCUT2D eigenvalue weighted by Crippen LogP contribution is -2.82. The normalized spacial score (nSPS) is 31.6. The number of rotatable bonds is 10. The second-order valence-corrected chi connectivity index (χ2v) is 17.5. The molecule has 1 aliphatic heterocycles. The van der Waals surface area contributed by atoms with E-state index in [4.69, 9.17) is 23.7 Å². The molecule has 1 heterocycles. The van der Waals surface area contributed by atoms with Gasteiger partial charge in [0.1, 0.15) is 29.7 Å². The predicted octanol–water partition coefficient (Wildman–Crippen LogP) is 3.87. The molecule has 15 nitrogen and oxygen atoms in total. The number of ether oxygens (including phenoxy) is 5. The second kappa shape index (κ2) is 16.7. The molecule has 11 atom stereocenters. The number of benzene rings is 3. The van der Waals surface area contributed by atoms with E-state index in [-0.39, 0.29) is 35.3 Å². The Bertz CT molecular complexity index is 2340. The van der Waals surface area contributed by atoms with Crippen LogP contribution >= 0.6 is 0 Å². The predicted molar refractivity (Wildman–Crippen MR) is 218 cm³/mol. The van der Waals surface area contributed by atoms with Gasteiger partial charge in [0.25, 0.3) is 5.91 Å². The molecule has 0 aromatic heterocycles. The number of Topliss-reactive ketones (excluding diaryl/α,β-unsaturated/α-hetero) is 1. The van der Waals surface area contributed by atoms with Gasteiger partial charge < -0.3 is 44.3 Å². The highest BCUT2D eigenvalue weighted by Crippen LogP contribution is 2.64. The molecular formula is C47H50FNO14. The number of fused-ring (bicyclic) bond motifs is 5. The average molecular weight is 872 g/mol. The van der Waals surface area contributed by atoms with Crippen molar-refractivity contribution >= 4 is 35.6 Å². The van der Waals surface area contributed by atoms with Gasteiger partial charge in [-0.15, -0.1) is 0 Å². The van der Waals surface area contributed by atoms with E-state index in [1.165, 1.54) is 27.7 Å². The van der Waals surface area contributed by atoms with E-state index < -0.39 is 118 Å². The Morgan fingerprint density at radius 3 is 2.05 bits per heavy atom. The van der Waals surface area contributed by atoms with Crippen LogP contribution in [-0.2, 0) is 42.9 Å². The van der Waals surface area contributed by atoms with E-state index in [0.29, 0.717) is 5.56 Å². The molecule has 1 saturated heterocycles. The molecule has 3 fully saturated rings. The molecular weight excluding hydrogens is 822 g/mol. The van der Waals surface area contributed by atoms with Crippen molar-refractivity contribution in [1.29, 1.82) is 0 Å². The number of amides is 1. The van der Waals surface area contributed by atoms with Gasteiger partial charge in [0, 0.05) is 37.7 Å². The summed E-state index contributed by atoms with van der Waals surface area (Å²) in [4.78, 5) is 83.4. The summed E-state index contributed by atoms with van der Waals surface area (Å²) in [5, 5.41) is 40.2. The average Bonchev–Trinajstić information content (AvgIpc) is 3.24. The van der Waals surface area contributed by atoms with Crippen molar-refractivity contribution in [3.05, 3.63) is 119 Å². The third kappa shape index (κ3) is 7.62. The van der Waals surface area contributed by atoms with E-state index in [1.807, 2.05) is 0 Å². The molecule has 0 radical (unpaired) electrons. The third-order valence-electron chi connectivity index (χ3n) is 13.6. The number of carbonyl (C=O) groups is 6. The number of ketones is 1. The topological polar surface area (TPSA) is 221 Å². The maximum Gasteiger partial charge on any atom is 0.338 e. The Morgan fingerprint density at radius 1 is 0.857 bits per heavy atom. The standard InChI is InChI=1S/C47H50FNO14/c1-24-31(61-43(57)36(53)35(27-13-9-7-10-14-27)49-41(55)28-15-11-8-12-16-28)22-47(58)40(62-42(56)29-17-19-30(48)20-18-29)38-45(6,32(52)21-33-46(38,23-59-33)63-26(3)51)39(54)37(60-25(2)50)34(24)44(47,4)5/h7-20,31-33,35-38,40,52-53,58H,21-23H2,1-6H3,(H,49,55)/t31-,32-,33+,35-,36+,37+,38-,40-,45+,46-,47+/m0/s1. The van der Waals surface area contributed by atoms with Gasteiger partial charge in [-0.3, -0.25) is 19.2 Å². The fraction of sp³-hybridized carbons (Fsp3) is 0.447. The van der Waals surface area contributed by atoms with E-state index >= 15 is 4.79 Å². The van der Waals surface area contributed by atoms with Gasteiger partial charge in [-0.05, 0) is 67.0 Å². The quantitative estimate of drug-likeness (QED) is 0.129. The van der Waals surface area contributed by atoms with Gasteiger partial charge in [-0.2, -0.15) is 0 Å². The van der Waals surface area contributed by atoms with Crippen LogP contribution in [0.15, 0.2) is 96.1 Å². The summed E-state index contributed by atoms with van der Waals surface area (Å²) < 4.78 is 44.2. The highest BCUT2D eigenvalue weighted by Gasteiger charge is 2.78. The molecule has 4 aliphatic rings.